The third-order valence-electron chi connectivity index (χ3n) is 5.22. The molecule has 0 aliphatic carbocycles. The van der Waals surface area contributed by atoms with E-state index in [1.807, 2.05) is 6.20 Å². The van der Waals surface area contributed by atoms with Crippen LogP contribution < -0.4 is 5.32 Å². The Balaban J connectivity index is 0.000000360. The molecule has 13 heteroatoms. The van der Waals surface area contributed by atoms with E-state index < -0.39 is 12.1 Å². The van der Waals surface area contributed by atoms with Crippen molar-refractivity contribution < 1.29 is 37.1 Å². The van der Waals surface area contributed by atoms with Gasteiger partial charge in [-0.15, -0.1) is 0 Å². The van der Waals surface area contributed by atoms with Gasteiger partial charge < -0.3 is 24.3 Å². The van der Waals surface area contributed by atoms with Crippen molar-refractivity contribution in [3.05, 3.63) is 35.7 Å². The molecule has 32 heavy (non-hydrogen) atoms. The lowest BCUT2D eigenvalue weighted by atomic mass is 9.99. The highest BCUT2D eigenvalue weighted by atomic mass is 19.4. The van der Waals surface area contributed by atoms with Crippen LogP contribution in [0.15, 0.2) is 23.0 Å². The summed E-state index contributed by atoms with van der Waals surface area (Å²) in [4.78, 5) is 27.9. The summed E-state index contributed by atoms with van der Waals surface area (Å²) in [7, 11) is 0. The number of hydrogen-bond acceptors (Lipinski definition) is 7. The Labute approximate surface area is 181 Å². The summed E-state index contributed by atoms with van der Waals surface area (Å²) in [6.07, 6.45) is 0.546. The normalized spacial score (nSPS) is 17.2. The molecule has 0 unspecified atom stereocenters. The Morgan fingerprint density at radius 2 is 1.97 bits per heavy atom. The van der Waals surface area contributed by atoms with E-state index in [1.54, 1.807) is 6.07 Å². The van der Waals surface area contributed by atoms with Crippen molar-refractivity contribution in [2.75, 3.05) is 26.3 Å². The summed E-state index contributed by atoms with van der Waals surface area (Å²) in [6, 6.07) is 1.55. The number of aromatic nitrogens is 3. The Bertz CT molecular complexity index is 894. The number of aliphatic carboxylic acids is 1. The molecular weight excluding hydrogens is 435 g/mol. The minimum Gasteiger partial charge on any atom is -0.475 e. The van der Waals surface area contributed by atoms with Gasteiger partial charge in [-0.05, 0) is 18.8 Å². The van der Waals surface area contributed by atoms with Crippen molar-refractivity contribution in [2.45, 2.75) is 38.7 Å². The van der Waals surface area contributed by atoms with Crippen LogP contribution in [0.1, 0.15) is 34.9 Å². The highest BCUT2D eigenvalue weighted by Gasteiger charge is 2.38. The van der Waals surface area contributed by atoms with Gasteiger partial charge in [0.05, 0.1) is 31.2 Å². The minimum absolute atomic E-state index is 0.223. The maximum absolute atomic E-state index is 11.9. The van der Waals surface area contributed by atoms with E-state index in [2.05, 4.69) is 24.9 Å². The fraction of sp³-hybridized carbons (Fsp3) is 0.579. The van der Waals surface area contributed by atoms with Gasteiger partial charge in [0, 0.05) is 38.9 Å². The summed E-state index contributed by atoms with van der Waals surface area (Å²) in [5.74, 6) is -0.989. The average molecular weight is 459 g/mol. The van der Waals surface area contributed by atoms with Crippen LogP contribution >= 0.6 is 0 Å². The molecule has 2 aliphatic rings. The zero-order chi connectivity index (χ0) is 23.1. The second-order valence-corrected chi connectivity index (χ2v) is 7.47. The summed E-state index contributed by atoms with van der Waals surface area (Å²) < 4.78 is 44.3. The molecule has 0 spiro atoms. The van der Waals surface area contributed by atoms with Crippen molar-refractivity contribution >= 4 is 11.9 Å². The largest absolute Gasteiger partial charge is 0.490 e. The first-order valence-corrected chi connectivity index (χ1v) is 10.1. The number of nitrogens with zero attached hydrogens (tertiary/aromatic N) is 4. The van der Waals surface area contributed by atoms with E-state index >= 15 is 0 Å². The van der Waals surface area contributed by atoms with Crippen LogP contribution in [-0.2, 0) is 29.2 Å². The number of carboxylic acid groups (broad SMARTS) is 1. The van der Waals surface area contributed by atoms with E-state index in [-0.39, 0.29) is 11.7 Å². The zero-order valence-electron chi connectivity index (χ0n) is 17.2. The van der Waals surface area contributed by atoms with Crippen molar-refractivity contribution in [3.8, 4) is 0 Å². The van der Waals surface area contributed by atoms with Gasteiger partial charge in [0.1, 0.15) is 5.82 Å². The minimum atomic E-state index is -5.08. The summed E-state index contributed by atoms with van der Waals surface area (Å²) in [5, 5.41) is 13.5. The molecule has 0 bridgehead atoms. The number of halogens is 3. The summed E-state index contributed by atoms with van der Waals surface area (Å²) >= 11 is 0. The van der Waals surface area contributed by atoms with Crippen LogP contribution in [0.3, 0.4) is 0 Å². The number of carbonyl (C=O) groups excluding carboxylic acids is 1. The lowest BCUT2D eigenvalue weighted by molar-refractivity contribution is -0.192. The van der Waals surface area contributed by atoms with Crippen LogP contribution in [0, 0.1) is 5.92 Å². The summed E-state index contributed by atoms with van der Waals surface area (Å²) in [5.41, 5.74) is 1.02. The smallest absolute Gasteiger partial charge is 0.475 e. The first-order valence-electron chi connectivity index (χ1n) is 10.1. The molecule has 1 amide bonds. The molecule has 4 heterocycles. The maximum atomic E-state index is 11.9. The first kappa shape index (κ1) is 23.7. The first-order chi connectivity index (χ1) is 15.2. The third kappa shape index (κ3) is 6.53. The zero-order valence-corrected chi connectivity index (χ0v) is 17.2. The van der Waals surface area contributed by atoms with Gasteiger partial charge in [0.25, 0.3) is 5.91 Å². The molecule has 0 radical (unpaired) electrons. The van der Waals surface area contributed by atoms with Crippen molar-refractivity contribution in [2.24, 2.45) is 5.92 Å². The Hall–Kier alpha value is -2.93. The quantitative estimate of drug-likeness (QED) is 0.693. The number of nitrogens with one attached hydrogen (secondary N) is 1. The molecule has 2 aliphatic heterocycles. The van der Waals surface area contributed by atoms with E-state index in [4.69, 9.17) is 19.2 Å². The van der Waals surface area contributed by atoms with Crippen LogP contribution in [0.25, 0.3) is 0 Å². The predicted octanol–water partition coefficient (Wildman–Crippen LogP) is 1.68. The summed E-state index contributed by atoms with van der Waals surface area (Å²) in [6.45, 7) is 6.13. The van der Waals surface area contributed by atoms with Crippen LogP contribution in [0.5, 0.6) is 0 Å². The second kappa shape index (κ2) is 10.6. The molecule has 2 aromatic heterocycles. The van der Waals surface area contributed by atoms with E-state index in [1.165, 1.54) is 6.20 Å². The van der Waals surface area contributed by atoms with Crippen LogP contribution in [-0.4, -0.2) is 69.1 Å². The number of carboxylic acids is 1. The topological polar surface area (TPSA) is 123 Å². The van der Waals surface area contributed by atoms with Gasteiger partial charge in [-0.25, -0.2) is 9.78 Å². The van der Waals surface area contributed by atoms with E-state index in [9.17, 15) is 18.0 Å². The maximum Gasteiger partial charge on any atom is 0.490 e. The van der Waals surface area contributed by atoms with Crippen molar-refractivity contribution in [1.82, 2.24) is 24.9 Å². The number of ether oxygens (including phenoxy) is 1. The standard InChI is InChI=1S/C17H23N5O3.C2HF3O2/c23-17(15-1-4-20-25-15)19-10-14-9-18-16-12-21(5-6-22(14)16)11-13-2-7-24-8-3-13;3-2(4,5)1(6)7/h1,4,9,13H,2-3,5-8,10-12H2,(H,19,23);(H,6,7). The monoisotopic (exact) mass is 459 g/mol. The third-order valence-corrected chi connectivity index (χ3v) is 5.22. The molecule has 0 atom stereocenters. The van der Waals surface area contributed by atoms with Crippen molar-refractivity contribution in [3.63, 3.8) is 0 Å². The predicted molar refractivity (Wildman–Crippen MR) is 102 cm³/mol. The van der Waals surface area contributed by atoms with Crippen LogP contribution in [0.2, 0.25) is 0 Å². The molecule has 1 fully saturated rings. The second-order valence-electron chi connectivity index (χ2n) is 7.47. The van der Waals surface area contributed by atoms with Gasteiger partial charge in [-0.2, -0.15) is 13.2 Å². The van der Waals surface area contributed by atoms with E-state index in [0.717, 1.165) is 69.7 Å². The Morgan fingerprint density at radius 1 is 1.25 bits per heavy atom. The number of alkyl halides is 3. The fourth-order valence-corrected chi connectivity index (χ4v) is 3.56. The molecule has 0 aromatic carbocycles. The molecule has 176 valence electrons. The molecular formula is C19H24F3N5O5. The van der Waals surface area contributed by atoms with Crippen LogP contribution in [0.4, 0.5) is 13.2 Å². The van der Waals surface area contributed by atoms with Gasteiger partial charge in [-0.3, -0.25) is 9.69 Å². The number of amides is 1. The number of rotatable bonds is 5. The van der Waals surface area contributed by atoms with Gasteiger partial charge in [0.2, 0.25) is 5.76 Å². The molecule has 0 saturated carbocycles. The molecule has 10 nitrogen and oxygen atoms in total. The number of carbonyl (C=O) groups is 2. The fourth-order valence-electron chi connectivity index (χ4n) is 3.56. The van der Waals surface area contributed by atoms with Gasteiger partial charge >= 0.3 is 12.1 Å². The number of fused-ring (bicyclic) bond motifs is 1. The number of imidazole rings is 1. The average Bonchev–Trinajstić information content (AvgIpc) is 3.43. The lowest BCUT2D eigenvalue weighted by Crippen LogP contribution is -2.39. The van der Waals surface area contributed by atoms with Crippen molar-refractivity contribution in [1.29, 1.82) is 0 Å². The SMILES string of the molecule is O=C(NCc1cnc2n1CCN(CC1CCOCC1)C2)c1ccno1.O=C(O)C(F)(F)F. The van der Waals surface area contributed by atoms with Gasteiger partial charge in [0.15, 0.2) is 0 Å². The molecule has 1 saturated heterocycles. The molecule has 2 aromatic rings. The Kier molecular flexibility index (Phi) is 7.85. The molecule has 2 N–H and O–H groups in total. The van der Waals surface area contributed by atoms with Gasteiger partial charge in [-0.1, -0.05) is 5.16 Å². The van der Waals surface area contributed by atoms with E-state index in [0.29, 0.717) is 6.54 Å². The number of hydrogen-bond donors (Lipinski definition) is 2. The highest BCUT2D eigenvalue weighted by molar-refractivity contribution is 5.91. The Morgan fingerprint density at radius 3 is 2.59 bits per heavy atom. The highest BCUT2D eigenvalue weighted by Crippen LogP contribution is 2.20. The lowest BCUT2D eigenvalue weighted by Gasteiger charge is -2.33. The molecule has 4 rings (SSSR count).